The number of carbonyl (C=O) groups is 1. The minimum atomic E-state index is -3.87. The number of aliphatic hydroxyl groups is 1. The molecule has 0 saturated heterocycles. The van der Waals surface area contributed by atoms with Gasteiger partial charge in [-0.2, -0.15) is 4.31 Å². The SMILES string of the molecule is C/C=C/c1ccc2c(c1)O[C@@H](CN(C)C(=O)NCCC)[C@@H](C)CN([C@@H](C)CO)S2(=O)=O. The van der Waals surface area contributed by atoms with E-state index >= 15 is 0 Å². The highest BCUT2D eigenvalue weighted by Crippen LogP contribution is 2.34. The van der Waals surface area contributed by atoms with Crippen LogP contribution in [0, 0.1) is 5.92 Å². The molecule has 9 heteroatoms. The lowest BCUT2D eigenvalue weighted by Gasteiger charge is -2.37. The number of carbonyl (C=O) groups excluding carboxylic acids is 1. The molecule has 31 heavy (non-hydrogen) atoms. The fraction of sp³-hybridized carbons (Fsp3) is 0.591. The van der Waals surface area contributed by atoms with Gasteiger partial charge in [0.25, 0.3) is 0 Å². The third kappa shape index (κ3) is 5.99. The second-order valence-corrected chi connectivity index (χ2v) is 9.92. The first-order valence-electron chi connectivity index (χ1n) is 10.7. The molecule has 0 aliphatic carbocycles. The lowest BCUT2D eigenvalue weighted by atomic mass is 10.0. The molecule has 0 spiro atoms. The second kappa shape index (κ2) is 11.0. The van der Waals surface area contributed by atoms with Crippen LogP contribution in [0.1, 0.15) is 39.7 Å². The van der Waals surface area contributed by atoms with E-state index in [2.05, 4.69) is 5.32 Å². The molecule has 1 aromatic rings. The van der Waals surface area contributed by atoms with E-state index in [0.717, 1.165) is 12.0 Å². The van der Waals surface area contributed by atoms with Crippen LogP contribution in [0.4, 0.5) is 4.79 Å². The minimum absolute atomic E-state index is 0.0658. The van der Waals surface area contributed by atoms with Gasteiger partial charge in [0.1, 0.15) is 16.7 Å². The summed E-state index contributed by atoms with van der Waals surface area (Å²) < 4.78 is 34.3. The Labute approximate surface area is 185 Å². The van der Waals surface area contributed by atoms with Gasteiger partial charge in [-0.05, 0) is 38.0 Å². The zero-order valence-electron chi connectivity index (χ0n) is 19.0. The van der Waals surface area contributed by atoms with Crippen LogP contribution in [0.5, 0.6) is 5.75 Å². The highest BCUT2D eigenvalue weighted by atomic mass is 32.2. The van der Waals surface area contributed by atoms with Crippen LogP contribution in [0.15, 0.2) is 29.2 Å². The molecule has 0 fully saturated rings. The van der Waals surface area contributed by atoms with Gasteiger partial charge < -0.3 is 20.1 Å². The van der Waals surface area contributed by atoms with Gasteiger partial charge in [-0.3, -0.25) is 0 Å². The number of rotatable bonds is 7. The maximum Gasteiger partial charge on any atom is 0.317 e. The van der Waals surface area contributed by atoms with E-state index in [0.29, 0.717) is 13.1 Å². The molecule has 0 radical (unpaired) electrons. The van der Waals surface area contributed by atoms with Gasteiger partial charge in [-0.1, -0.05) is 32.1 Å². The molecule has 8 nitrogen and oxygen atoms in total. The van der Waals surface area contributed by atoms with E-state index < -0.39 is 22.2 Å². The van der Waals surface area contributed by atoms with E-state index in [-0.39, 0.29) is 35.7 Å². The van der Waals surface area contributed by atoms with Gasteiger partial charge in [-0.25, -0.2) is 13.2 Å². The molecule has 2 N–H and O–H groups in total. The summed E-state index contributed by atoms with van der Waals surface area (Å²) in [5.74, 6) is 0.0355. The van der Waals surface area contributed by atoms with Gasteiger partial charge in [0.05, 0.1) is 13.2 Å². The van der Waals surface area contributed by atoms with E-state index in [9.17, 15) is 18.3 Å². The summed E-state index contributed by atoms with van der Waals surface area (Å²) in [5, 5.41) is 12.5. The first-order valence-corrected chi connectivity index (χ1v) is 12.1. The topological polar surface area (TPSA) is 99.2 Å². The summed E-state index contributed by atoms with van der Waals surface area (Å²) in [6, 6.07) is 4.19. The zero-order valence-corrected chi connectivity index (χ0v) is 19.9. The van der Waals surface area contributed by atoms with Crippen molar-refractivity contribution in [3.05, 3.63) is 29.8 Å². The molecule has 2 rings (SSSR count). The number of hydrogen-bond acceptors (Lipinski definition) is 5. The van der Waals surface area contributed by atoms with Crippen molar-refractivity contribution < 1.29 is 23.1 Å². The smallest absolute Gasteiger partial charge is 0.317 e. The van der Waals surface area contributed by atoms with Gasteiger partial charge in [0.15, 0.2) is 0 Å². The molecule has 1 aliphatic heterocycles. The zero-order chi connectivity index (χ0) is 23.2. The number of fused-ring (bicyclic) bond motifs is 1. The van der Waals surface area contributed by atoms with Gasteiger partial charge in [-0.15, -0.1) is 0 Å². The Balaban J connectivity index is 2.47. The molecule has 0 saturated carbocycles. The first kappa shape index (κ1) is 25.2. The lowest BCUT2D eigenvalue weighted by Crippen LogP contribution is -2.51. The number of likely N-dealkylation sites (N-methyl/N-ethyl adjacent to an activating group) is 1. The average molecular weight is 454 g/mol. The molecule has 0 aromatic heterocycles. The molecule has 0 bridgehead atoms. The van der Waals surface area contributed by atoms with Crippen molar-refractivity contribution in [2.24, 2.45) is 5.92 Å². The molecule has 2 amide bonds. The molecule has 174 valence electrons. The van der Waals surface area contributed by atoms with E-state index in [4.69, 9.17) is 4.74 Å². The molecular weight excluding hydrogens is 418 g/mol. The third-order valence-corrected chi connectivity index (χ3v) is 7.40. The van der Waals surface area contributed by atoms with Crippen molar-refractivity contribution in [3.8, 4) is 5.75 Å². The Morgan fingerprint density at radius 2 is 2.16 bits per heavy atom. The predicted molar refractivity (Wildman–Crippen MR) is 121 cm³/mol. The number of ether oxygens (including phenoxy) is 1. The molecule has 0 unspecified atom stereocenters. The molecule has 1 aromatic carbocycles. The largest absolute Gasteiger partial charge is 0.487 e. The second-order valence-electron chi connectivity index (χ2n) is 8.06. The fourth-order valence-electron chi connectivity index (χ4n) is 3.48. The molecule has 1 heterocycles. The van der Waals surface area contributed by atoms with Crippen molar-refractivity contribution in [3.63, 3.8) is 0 Å². The van der Waals surface area contributed by atoms with Crippen molar-refractivity contribution in [2.75, 3.05) is 33.3 Å². The maximum absolute atomic E-state index is 13.4. The third-order valence-electron chi connectivity index (χ3n) is 5.38. The van der Waals surface area contributed by atoms with Crippen LogP contribution in [-0.4, -0.2) is 74.2 Å². The number of nitrogens with one attached hydrogen (secondary N) is 1. The Morgan fingerprint density at radius 3 is 2.77 bits per heavy atom. The van der Waals surface area contributed by atoms with E-state index in [1.807, 2.05) is 32.9 Å². The summed E-state index contributed by atoms with van der Waals surface area (Å²) in [5.41, 5.74) is 0.819. The molecule has 1 aliphatic rings. The number of hydrogen-bond donors (Lipinski definition) is 2. The fourth-order valence-corrected chi connectivity index (χ4v) is 5.30. The summed E-state index contributed by atoms with van der Waals surface area (Å²) >= 11 is 0. The maximum atomic E-state index is 13.4. The standard InChI is InChI=1S/C22H35N3O5S/c1-6-8-18-9-10-21-19(12-18)30-20(14-24(5)22(27)23-11-7-2)16(3)13-25(17(4)15-26)31(21,28)29/h6,8-10,12,16-17,20,26H,7,11,13-15H2,1-5H3,(H,23,27)/b8-6+/t16-,17-,20-/m0/s1. The minimum Gasteiger partial charge on any atom is -0.487 e. The van der Waals surface area contributed by atoms with Crippen molar-refractivity contribution in [1.82, 2.24) is 14.5 Å². The Bertz CT molecular complexity index is 887. The van der Waals surface area contributed by atoms with E-state index in [1.54, 1.807) is 37.1 Å². The molecular formula is C22H35N3O5S. The Morgan fingerprint density at radius 1 is 1.45 bits per heavy atom. The summed E-state index contributed by atoms with van der Waals surface area (Å²) in [6.07, 6.45) is 4.14. The van der Waals surface area contributed by atoms with Crippen molar-refractivity contribution in [1.29, 1.82) is 0 Å². The van der Waals surface area contributed by atoms with Gasteiger partial charge >= 0.3 is 6.03 Å². The van der Waals surface area contributed by atoms with Gasteiger partial charge in [0, 0.05) is 32.1 Å². The van der Waals surface area contributed by atoms with Crippen molar-refractivity contribution in [2.45, 2.75) is 51.2 Å². The van der Waals surface area contributed by atoms with Crippen LogP contribution >= 0.6 is 0 Å². The highest BCUT2D eigenvalue weighted by Gasteiger charge is 2.38. The summed E-state index contributed by atoms with van der Waals surface area (Å²) in [4.78, 5) is 14.0. The van der Waals surface area contributed by atoms with Crippen LogP contribution in [0.3, 0.4) is 0 Å². The van der Waals surface area contributed by atoms with Crippen molar-refractivity contribution >= 4 is 22.1 Å². The number of aliphatic hydroxyl groups excluding tert-OH is 1. The summed E-state index contributed by atoms with van der Waals surface area (Å²) in [7, 11) is -2.17. The normalized spacial score (nSPS) is 22.1. The number of nitrogens with zero attached hydrogens (tertiary/aromatic N) is 2. The van der Waals surface area contributed by atoms with E-state index in [1.165, 1.54) is 4.31 Å². The lowest BCUT2D eigenvalue weighted by molar-refractivity contribution is 0.0812. The monoisotopic (exact) mass is 453 g/mol. The number of amides is 2. The predicted octanol–water partition coefficient (Wildman–Crippen LogP) is 2.54. The molecule has 3 atom stereocenters. The first-order chi connectivity index (χ1) is 14.6. The van der Waals surface area contributed by atoms with Crippen LogP contribution in [-0.2, 0) is 10.0 Å². The number of benzene rings is 1. The van der Waals surface area contributed by atoms with Gasteiger partial charge in [0.2, 0.25) is 10.0 Å². The van der Waals surface area contributed by atoms with Crippen LogP contribution in [0.25, 0.3) is 6.08 Å². The van der Waals surface area contributed by atoms with Crippen LogP contribution < -0.4 is 10.1 Å². The number of urea groups is 1. The Hall–Kier alpha value is -2.10. The van der Waals surface area contributed by atoms with Crippen LogP contribution in [0.2, 0.25) is 0 Å². The average Bonchev–Trinajstić information content (AvgIpc) is 2.73. The highest BCUT2D eigenvalue weighted by molar-refractivity contribution is 7.89. The number of sulfonamides is 1. The summed E-state index contributed by atoms with van der Waals surface area (Å²) in [6.45, 7) is 8.21. The number of allylic oxidation sites excluding steroid dienone is 1. The Kier molecular flexibility index (Phi) is 8.90. The quantitative estimate of drug-likeness (QED) is 0.661.